The molecule has 0 saturated heterocycles. The maximum atomic E-state index is 12.3. The fourth-order valence-corrected chi connectivity index (χ4v) is 2.59. The number of ether oxygens (including phenoxy) is 1. The zero-order chi connectivity index (χ0) is 19.5. The molecule has 5 nitrogen and oxygen atoms in total. The van der Waals surface area contributed by atoms with Crippen molar-refractivity contribution in [1.29, 1.82) is 0 Å². The van der Waals surface area contributed by atoms with Gasteiger partial charge in [0.1, 0.15) is 11.3 Å². The molecular formula is C15H10Cl3F3N2O3. The highest BCUT2D eigenvalue weighted by Crippen LogP contribution is 2.38. The van der Waals surface area contributed by atoms with Gasteiger partial charge < -0.3 is 15.2 Å². The Morgan fingerprint density at radius 1 is 1.27 bits per heavy atom. The number of nitrogens with zero attached hydrogens (tertiary/aromatic N) is 1. The number of pyridine rings is 1. The van der Waals surface area contributed by atoms with Gasteiger partial charge in [-0.3, -0.25) is 4.79 Å². The lowest BCUT2D eigenvalue weighted by molar-refractivity contribution is -0.154. The number of hydrogen-bond donors (Lipinski definition) is 2. The molecule has 11 heteroatoms. The molecule has 2 N–H and O–H groups in total. The average molecular weight is 430 g/mol. The summed E-state index contributed by atoms with van der Waals surface area (Å²) in [5, 5.41) is 11.8. The first-order chi connectivity index (χ1) is 12.1. The van der Waals surface area contributed by atoms with Crippen molar-refractivity contribution in [2.45, 2.75) is 12.7 Å². The van der Waals surface area contributed by atoms with Crippen molar-refractivity contribution in [3.63, 3.8) is 0 Å². The van der Waals surface area contributed by atoms with Gasteiger partial charge in [0.05, 0.1) is 15.1 Å². The largest absolute Gasteiger partial charge is 0.505 e. The van der Waals surface area contributed by atoms with Crippen LogP contribution in [0.3, 0.4) is 0 Å². The van der Waals surface area contributed by atoms with Gasteiger partial charge in [0.15, 0.2) is 6.61 Å². The van der Waals surface area contributed by atoms with Crippen LogP contribution in [0.1, 0.15) is 15.9 Å². The topological polar surface area (TPSA) is 71.5 Å². The van der Waals surface area contributed by atoms with Crippen LogP contribution in [0.15, 0.2) is 24.4 Å². The summed E-state index contributed by atoms with van der Waals surface area (Å²) in [6.07, 6.45) is -3.29. The second kappa shape index (κ2) is 8.20. The quantitative estimate of drug-likeness (QED) is 0.681. The third-order valence-electron chi connectivity index (χ3n) is 3.03. The van der Waals surface area contributed by atoms with E-state index in [-0.39, 0.29) is 38.6 Å². The molecule has 0 aliphatic rings. The highest BCUT2D eigenvalue weighted by molar-refractivity contribution is 6.45. The van der Waals surface area contributed by atoms with Crippen molar-refractivity contribution in [1.82, 2.24) is 10.3 Å². The van der Waals surface area contributed by atoms with Gasteiger partial charge in [0, 0.05) is 18.3 Å². The molecule has 0 aliphatic heterocycles. The van der Waals surface area contributed by atoms with Gasteiger partial charge in [0.25, 0.3) is 5.91 Å². The van der Waals surface area contributed by atoms with Crippen molar-refractivity contribution < 1.29 is 27.8 Å². The summed E-state index contributed by atoms with van der Waals surface area (Å²) in [7, 11) is 0. The van der Waals surface area contributed by atoms with Crippen LogP contribution in [0.4, 0.5) is 13.2 Å². The van der Waals surface area contributed by atoms with Crippen LogP contribution in [-0.4, -0.2) is 28.8 Å². The molecule has 140 valence electrons. The highest BCUT2D eigenvalue weighted by atomic mass is 35.5. The fourth-order valence-electron chi connectivity index (χ4n) is 1.90. The number of halogens is 6. The fraction of sp³-hybridized carbons (Fsp3) is 0.200. The predicted octanol–water partition coefficient (Wildman–Crippen LogP) is 4.62. The van der Waals surface area contributed by atoms with E-state index in [9.17, 15) is 23.1 Å². The number of aromatic hydroxyl groups is 1. The smallest absolute Gasteiger partial charge is 0.422 e. The lowest BCUT2D eigenvalue weighted by atomic mass is 10.1. The standard InChI is InChI=1S/C15H10Cl3F3N2O3/c16-8-4-9(17)12(24)10(11(8)18)13(25)23-5-7-2-1-3-22-14(7)26-6-15(19,20)21/h1-4,24H,5-6H2,(H,23,25). The van der Waals surface area contributed by atoms with Crippen molar-refractivity contribution in [2.75, 3.05) is 6.61 Å². The number of amides is 1. The van der Waals surface area contributed by atoms with Crippen LogP contribution in [0.5, 0.6) is 11.6 Å². The number of phenolic OH excluding ortho intramolecular Hbond substituents is 1. The molecular weight excluding hydrogens is 420 g/mol. The van der Waals surface area contributed by atoms with Crippen LogP contribution in [0.25, 0.3) is 0 Å². The first-order valence-corrected chi connectivity index (χ1v) is 8.01. The monoisotopic (exact) mass is 428 g/mol. The molecule has 0 saturated carbocycles. The van der Waals surface area contributed by atoms with E-state index in [1.807, 2.05) is 0 Å². The third kappa shape index (κ3) is 5.06. The Morgan fingerprint density at radius 2 is 1.96 bits per heavy atom. The number of phenols is 1. The van der Waals surface area contributed by atoms with E-state index in [1.54, 1.807) is 0 Å². The van der Waals surface area contributed by atoms with E-state index in [4.69, 9.17) is 34.8 Å². The second-order valence-electron chi connectivity index (χ2n) is 4.93. The second-order valence-corrected chi connectivity index (χ2v) is 6.12. The molecule has 0 unspecified atom stereocenters. The summed E-state index contributed by atoms with van der Waals surface area (Å²) in [6, 6.07) is 4.05. The van der Waals surface area contributed by atoms with E-state index in [0.29, 0.717) is 0 Å². The van der Waals surface area contributed by atoms with E-state index in [1.165, 1.54) is 24.4 Å². The van der Waals surface area contributed by atoms with E-state index in [0.717, 1.165) is 0 Å². The van der Waals surface area contributed by atoms with E-state index in [2.05, 4.69) is 15.0 Å². The van der Waals surface area contributed by atoms with Gasteiger partial charge in [-0.2, -0.15) is 13.2 Å². The normalized spacial score (nSPS) is 11.3. The molecule has 0 radical (unpaired) electrons. The third-order valence-corrected chi connectivity index (χ3v) is 4.11. The van der Waals surface area contributed by atoms with Crippen LogP contribution in [0.2, 0.25) is 15.1 Å². The Morgan fingerprint density at radius 3 is 2.62 bits per heavy atom. The van der Waals surface area contributed by atoms with Crippen molar-refractivity contribution >= 4 is 40.7 Å². The van der Waals surface area contributed by atoms with Gasteiger partial charge >= 0.3 is 6.18 Å². The number of hydrogen-bond acceptors (Lipinski definition) is 4. The minimum Gasteiger partial charge on any atom is -0.505 e. The molecule has 2 aromatic rings. The highest BCUT2D eigenvalue weighted by Gasteiger charge is 2.29. The van der Waals surface area contributed by atoms with Crippen molar-refractivity contribution in [3.05, 3.63) is 50.6 Å². The van der Waals surface area contributed by atoms with Crippen LogP contribution in [0, 0.1) is 0 Å². The number of alkyl halides is 3. The molecule has 0 aliphatic carbocycles. The molecule has 2 rings (SSSR count). The average Bonchev–Trinajstić information content (AvgIpc) is 2.56. The van der Waals surface area contributed by atoms with Gasteiger partial charge in [-0.15, -0.1) is 0 Å². The van der Waals surface area contributed by atoms with E-state index < -0.39 is 24.4 Å². The van der Waals surface area contributed by atoms with Crippen molar-refractivity contribution in [3.8, 4) is 11.6 Å². The zero-order valence-electron chi connectivity index (χ0n) is 12.7. The minimum atomic E-state index is -4.53. The predicted molar refractivity (Wildman–Crippen MR) is 90.1 cm³/mol. The van der Waals surface area contributed by atoms with Crippen LogP contribution in [-0.2, 0) is 6.54 Å². The van der Waals surface area contributed by atoms with Gasteiger partial charge in [0.2, 0.25) is 5.88 Å². The van der Waals surface area contributed by atoms with Crippen LogP contribution >= 0.6 is 34.8 Å². The molecule has 1 heterocycles. The SMILES string of the molecule is O=C(NCc1cccnc1OCC(F)(F)F)c1c(O)c(Cl)cc(Cl)c1Cl. The molecule has 0 spiro atoms. The van der Waals surface area contributed by atoms with Crippen molar-refractivity contribution in [2.24, 2.45) is 0 Å². The molecule has 1 aromatic carbocycles. The molecule has 0 bridgehead atoms. The lowest BCUT2D eigenvalue weighted by Crippen LogP contribution is -2.25. The summed E-state index contributed by atoms with van der Waals surface area (Å²) < 4.78 is 41.5. The summed E-state index contributed by atoms with van der Waals surface area (Å²) in [5.74, 6) is -1.69. The Balaban J connectivity index is 2.16. The molecule has 26 heavy (non-hydrogen) atoms. The first kappa shape index (κ1) is 20.4. The van der Waals surface area contributed by atoms with Gasteiger partial charge in [-0.25, -0.2) is 4.98 Å². The number of rotatable bonds is 5. The van der Waals surface area contributed by atoms with Gasteiger partial charge in [-0.1, -0.05) is 40.9 Å². The summed E-state index contributed by atoms with van der Waals surface area (Å²) in [4.78, 5) is 16.0. The van der Waals surface area contributed by atoms with Crippen LogP contribution < -0.4 is 10.1 Å². The van der Waals surface area contributed by atoms with E-state index >= 15 is 0 Å². The number of aromatic nitrogens is 1. The molecule has 1 amide bonds. The Labute approximate surface area is 160 Å². The lowest BCUT2D eigenvalue weighted by Gasteiger charge is -2.13. The first-order valence-electron chi connectivity index (χ1n) is 6.88. The summed E-state index contributed by atoms with van der Waals surface area (Å²) in [5.41, 5.74) is -0.167. The van der Waals surface area contributed by atoms with Gasteiger partial charge in [-0.05, 0) is 12.1 Å². The maximum Gasteiger partial charge on any atom is 0.422 e. The zero-order valence-corrected chi connectivity index (χ0v) is 15.0. The molecule has 0 atom stereocenters. The Bertz CT molecular complexity index is 806. The Kier molecular flexibility index (Phi) is 6.44. The Hall–Kier alpha value is -1.90. The molecule has 1 aromatic heterocycles. The number of benzene rings is 1. The number of nitrogens with one attached hydrogen (secondary N) is 1. The maximum absolute atomic E-state index is 12.3. The number of carbonyl (C=O) groups is 1. The summed E-state index contributed by atoms with van der Waals surface area (Å²) in [6.45, 7) is -1.76. The summed E-state index contributed by atoms with van der Waals surface area (Å²) >= 11 is 17.5. The minimum absolute atomic E-state index is 0.0461. The molecule has 0 fully saturated rings. The number of carbonyl (C=O) groups excluding carboxylic acids is 1.